The summed E-state index contributed by atoms with van der Waals surface area (Å²) in [5.41, 5.74) is 1.47. The zero-order valence-electron chi connectivity index (χ0n) is 23.0. The molecule has 215 valence electrons. The fraction of sp³-hybridized carbons (Fsp3) is 0.424. The van der Waals surface area contributed by atoms with Crippen molar-refractivity contribution in [1.82, 2.24) is 4.90 Å². The number of rotatable bonds is 10. The summed E-state index contributed by atoms with van der Waals surface area (Å²) in [7, 11) is 0. The van der Waals surface area contributed by atoms with Gasteiger partial charge in [0, 0.05) is 32.7 Å². The molecule has 40 heavy (non-hydrogen) atoms. The first kappa shape index (κ1) is 36.1. The molecule has 1 atom stereocenters. The Bertz CT molecular complexity index is 1110. The Kier molecular flexibility index (Phi) is 14.4. The van der Waals surface area contributed by atoms with Crippen molar-refractivity contribution in [2.24, 2.45) is 5.92 Å². The minimum Gasteiger partial charge on any atom is -0.481 e. The van der Waals surface area contributed by atoms with E-state index in [9.17, 15) is 20.1 Å². The minimum atomic E-state index is -1.01. The second kappa shape index (κ2) is 15.9. The molecule has 1 saturated heterocycles. The van der Waals surface area contributed by atoms with E-state index in [0.717, 1.165) is 61.2 Å². The second-order valence-corrected chi connectivity index (χ2v) is 10.8. The molecule has 0 saturated carbocycles. The van der Waals surface area contributed by atoms with E-state index in [1.165, 1.54) is 0 Å². The molecule has 5 N–H and O–H groups in total. The fourth-order valence-corrected chi connectivity index (χ4v) is 5.52. The summed E-state index contributed by atoms with van der Waals surface area (Å²) in [6.45, 7) is 6.11. The van der Waals surface area contributed by atoms with Gasteiger partial charge in [0.2, 0.25) is 0 Å². The molecule has 6 nitrogen and oxygen atoms in total. The van der Waals surface area contributed by atoms with Crippen LogP contribution >= 0.6 is 0 Å². The standard InChI is InChI=1S/C32H39NO4.CH4.H2O.Y/c1-31(2,30(35)36)25-17-15-24(16-18-25)29(34)14-9-21-33-22-19-28(20-23-33)32(37,26-10-5-3-6-11-26)27-12-7-4-8-13-27;;;/h3-8,10-13,15-18,28-29,34,37H,9,14,19-23H2,1-2H3,(H,35,36);1H4;1H2;. The van der Waals surface area contributed by atoms with Crippen LogP contribution in [0.15, 0.2) is 84.9 Å². The van der Waals surface area contributed by atoms with E-state index in [1.807, 2.05) is 72.8 Å². The smallest absolute Gasteiger partial charge is 0.313 e. The van der Waals surface area contributed by atoms with E-state index in [-0.39, 0.29) is 51.5 Å². The first-order chi connectivity index (χ1) is 17.7. The van der Waals surface area contributed by atoms with Crippen molar-refractivity contribution in [2.75, 3.05) is 19.6 Å². The molecule has 0 aromatic heterocycles. The Morgan fingerprint density at radius 3 is 1.80 bits per heavy atom. The van der Waals surface area contributed by atoms with Crippen molar-refractivity contribution >= 4 is 5.97 Å². The monoisotopic (exact) mass is 624 g/mol. The van der Waals surface area contributed by atoms with Crippen LogP contribution in [0.4, 0.5) is 0 Å². The summed E-state index contributed by atoms with van der Waals surface area (Å²) in [5.74, 6) is -0.733. The van der Waals surface area contributed by atoms with Crippen LogP contribution in [0.3, 0.4) is 0 Å². The van der Waals surface area contributed by atoms with Gasteiger partial charge in [-0.3, -0.25) is 4.79 Å². The average molecular weight is 625 g/mol. The normalized spacial score (nSPS) is 15.2. The van der Waals surface area contributed by atoms with E-state index in [0.29, 0.717) is 6.42 Å². The van der Waals surface area contributed by atoms with Crippen molar-refractivity contribution in [3.05, 3.63) is 107 Å². The number of carboxylic acid groups (broad SMARTS) is 1. The third kappa shape index (κ3) is 8.09. The Hall–Kier alpha value is -1.93. The molecule has 0 amide bonds. The summed E-state index contributed by atoms with van der Waals surface area (Å²) in [6.07, 6.45) is 2.77. The van der Waals surface area contributed by atoms with Gasteiger partial charge in [-0.1, -0.05) is 92.4 Å². The first-order valence-electron chi connectivity index (χ1n) is 13.3. The average Bonchev–Trinajstić information content (AvgIpc) is 2.94. The van der Waals surface area contributed by atoms with E-state index < -0.39 is 23.1 Å². The zero-order chi connectivity index (χ0) is 26.5. The number of likely N-dealkylation sites (tertiary alicyclic amines) is 1. The van der Waals surface area contributed by atoms with Gasteiger partial charge in [0.1, 0.15) is 5.60 Å². The van der Waals surface area contributed by atoms with Crippen LogP contribution in [0.1, 0.15) is 75.3 Å². The van der Waals surface area contributed by atoms with Gasteiger partial charge in [0.25, 0.3) is 0 Å². The van der Waals surface area contributed by atoms with Gasteiger partial charge in [0.05, 0.1) is 11.5 Å². The quantitative estimate of drug-likeness (QED) is 0.283. The third-order valence-electron chi connectivity index (χ3n) is 8.11. The van der Waals surface area contributed by atoms with Crippen LogP contribution in [-0.2, 0) is 48.5 Å². The molecule has 1 aliphatic rings. The molecular formula is C33H45NO5Y. The maximum atomic E-state index is 12.1. The molecule has 3 aromatic rings. The molecule has 1 aliphatic heterocycles. The Labute approximate surface area is 264 Å². The molecule has 0 spiro atoms. The number of aliphatic carboxylic acids is 1. The largest absolute Gasteiger partial charge is 0.481 e. The van der Waals surface area contributed by atoms with Gasteiger partial charge in [-0.25, -0.2) is 0 Å². The molecule has 0 bridgehead atoms. The molecule has 4 rings (SSSR count). The summed E-state index contributed by atoms with van der Waals surface area (Å²) in [4.78, 5) is 13.9. The Morgan fingerprint density at radius 2 is 1.35 bits per heavy atom. The molecule has 7 heteroatoms. The number of nitrogens with zero attached hydrogens (tertiary/aromatic N) is 1. The van der Waals surface area contributed by atoms with Crippen LogP contribution in [0.5, 0.6) is 0 Å². The molecular weight excluding hydrogens is 579 g/mol. The zero-order valence-corrected chi connectivity index (χ0v) is 25.8. The van der Waals surface area contributed by atoms with Crippen LogP contribution in [0.25, 0.3) is 0 Å². The van der Waals surface area contributed by atoms with Crippen molar-refractivity contribution in [1.29, 1.82) is 0 Å². The van der Waals surface area contributed by atoms with Crippen molar-refractivity contribution in [2.45, 2.75) is 64.1 Å². The van der Waals surface area contributed by atoms with Gasteiger partial charge < -0.3 is 25.7 Å². The van der Waals surface area contributed by atoms with E-state index in [1.54, 1.807) is 26.0 Å². The van der Waals surface area contributed by atoms with Crippen molar-refractivity contribution < 1.29 is 58.3 Å². The van der Waals surface area contributed by atoms with Crippen molar-refractivity contribution in [3.8, 4) is 0 Å². The predicted molar refractivity (Wildman–Crippen MR) is 157 cm³/mol. The molecule has 3 aromatic carbocycles. The number of carboxylic acids is 1. The van der Waals surface area contributed by atoms with Gasteiger partial charge >= 0.3 is 5.97 Å². The van der Waals surface area contributed by atoms with Crippen LogP contribution in [0.2, 0.25) is 0 Å². The maximum absolute atomic E-state index is 12.1. The van der Waals surface area contributed by atoms with E-state index in [2.05, 4.69) is 4.90 Å². The van der Waals surface area contributed by atoms with Crippen molar-refractivity contribution in [3.63, 3.8) is 0 Å². The molecule has 1 unspecified atom stereocenters. The van der Waals surface area contributed by atoms with Gasteiger partial charge in [-0.05, 0) is 87.3 Å². The Morgan fingerprint density at radius 1 is 0.875 bits per heavy atom. The number of hydrogen-bond acceptors (Lipinski definition) is 4. The van der Waals surface area contributed by atoms with Gasteiger partial charge in [-0.15, -0.1) is 0 Å². The second-order valence-electron chi connectivity index (χ2n) is 10.8. The molecule has 1 radical (unpaired) electrons. The van der Waals surface area contributed by atoms with E-state index in [4.69, 9.17) is 0 Å². The number of aliphatic hydroxyl groups excluding tert-OH is 1. The summed E-state index contributed by atoms with van der Waals surface area (Å²) >= 11 is 0. The molecule has 0 aliphatic carbocycles. The predicted octanol–water partition coefficient (Wildman–Crippen LogP) is 5.32. The fourth-order valence-electron chi connectivity index (χ4n) is 5.52. The van der Waals surface area contributed by atoms with Crippen LogP contribution in [0, 0.1) is 5.92 Å². The number of hydrogen-bond donors (Lipinski definition) is 3. The topological polar surface area (TPSA) is 112 Å². The summed E-state index contributed by atoms with van der Waals surface area (Å²) in [6, 6.07) is 27.3. The Balaban J connectivity index is 0.00000267. The van der Waals surface area contributed by atoms with Crippen LogP contribution < -0.4 is 0 Å². The van der Waals surface area contributed by atoms with E-state index >= 15 is 0 Å². The maximum Gasteiger partial charge on any atom is 0.313 e. The summed E-state index contributed by atoms with van der Waals surface area (Å²) < 4.78 is 0. The third-order valence-corrected chi connectivity index (χ3v) is 8.11. The number of piperidine rings is 1. The first-order valence-corrected chi connectivity index (χ1v) is 13.3. The molecule has 1 fully saturated rings. The van der Waals surface area contributed by atoms with Gasteiger partial charge in [-0.2, -0.15) is 0 Å². The number of aliphatic hydroxyl groups is 2. The number of carbonyl (C=O) groups is 1. The number of benzene rings is 3. The SMILES string of the molecule is C.CC(C)(C(=O)O)c1ccc(C(O)CCCN2CCC(C(O)(c3ccccc3)c3ccccc3)CC2)cc1.O.[Y]. The molecule has 1 heterocycles. The van der Waals surface area contributed by atoms with Gasteiger partial charge in [0.15, 0.2) is 0 Å². The summed E-state index contributed by atoms with van der Waals surface area (Å²) in [5, 5.41) is 32.2. The van der Waals surface area contributed by atoms with Crippen LogP contribution in [-0.4, -0.2) is 51.3 Å². The minimum absolute atomic E-state index is 0.